The van der Waals surface area contributed by atoms with Gasteiger partial charge in [0.25, 0.3) is 0 Å². The van der Waals surface area contributed by atoms with Crippen LogP contribution in [0.3, 0.4) is 0 Å². The molecule has 0 unspecified atom stereocenters. The monoisotopic (exact) mass is 91.1 g/mol. The number of nitrogens with one attached hydrogen (secondary N) is 1. The van der Waals surface area contributed by atoms with Crippen molar-refractivity contribution >= 4 is 0 Å². The van der Waals surface area contributed by atoms with E-state index in [1.807, 2.05) is 0 Å². The predicted octanol–water partition coefficient (Wildman–Crippen LogP) is -0.478. The Hall–Kier alpha value is -0.120. The van der Waals surface area contributed by atoms with Gasteiger partial charge in [-0.2, -0.15) is 0 Å². The van der Waals surface area contributed by atoms with Crippen molar-refractivity contribution in [2.45, 2.75) is 0 Å². The van der Waals surface area contributed by atoms with Gasteiger partial charge in [-0.15, -0.1) is 0 Å². The summed E-state index contributed by atoms with van der Waals surface area (Å²) >= 11 is 0. The summed E-state index contributed by atoms with van der Waals surface area (Å²) < 4.78 is 0. The lowest BCUT2D eigenvalue weighted by molar-refractivity contribution is 0.298. The summed E-state index contributed by atoms with van der Waals surface area (Å²) in [7, 11) is 3.27. The molecule has 0 saturated heterocycles. The molecule has 0 aliphatic heterocycles. The fraction of sp³-hybridized carbons (Fsp3) is 0.667. The van der Waals surface area contributed by atoms with E-state index in [0.717, 1.165) is 0 Å². The van der Waals surface area contributed by atoms with Crippen molar-refractivity contribution in [3.05, 3.63) is 7.05 Å². The Morgan fingerprint density at radius 3 is 2.17 bits per heavy atom. The largest absolute Gasteiger partial charge is 0.395 e. The normalized spacial score (nSPS) is 7.00. The van der Waals surface area contributed by atoms with Crippen molar-refractivity contribution in [2.24, 2.45) is 0 Å². The summed E-state index contributed by atoms with van der Waals surface area (Å²) in [6.45, 7) is 0.753. The molecule has 0 spiro atoms. The molecule has 0 rings (SSSR count). The second kappa shape index (κ2) is 8.86. The Morgan fingerprint density at radius 1 is 1.67 bits per heavy atom. The van der Waals surface area contributed by atoms with Crippen LogP contribution in [0.5, 0.6) is 0 Å². The molecule has 0 aliphatic carbocycles. The molecule has 5 N–H and O–H groups in total. The Labute approximate surface area is 37.9 Å². The molecule has 1 radical (unpaired) electrons. The molecule has 3 heteroatoms. The lowest BCUT2D eigenvalue weighted by Crippen LogP contribution is -2.07. The van der Waals surface area contributed by atoms with Crippen LogP contribution < -0.4 is 11.5 Å². The Bertz CT molecular complexity index is 16.3. The maximum Gasteiger partial charge on any atom is 0.0555 e. The molecule has 0 aromatic rings. The summed E-state index contributed by atoms with van der Waals surface area (Å²) in [5, 5.41) is 10.5. The zero-order valence-corrected chi connectivity index (χ0v) is 3.78. The van der Waals surface area contributed by atoms with Gasteiger partial charge >= 0.3 is 0 Å². The van der Waals surface area contributed by atoms with Crippen LogP contribution in [0, 0.1) is 7.05 Å². The fourth-order valence-corrected chi connectivity index (χ4v) is 0.0791. The van der Waals surface area contributed by atoms with Gasteiger partial charge in [0.15, 0.2) is 0 Å². The average molecular weight is 91.1 g/mol. The van der Waals surface area contributed by atoms with Crippen LogP contribution in [0.1, 0.15) is 0 Å². The molecule has 0 amide bonds. The number of hydrogen-bond acceptors (Lipinski definition) is 3. The quantitative estimate of drug-likeness (QED) is 0.430. The molecule has 0 aromatic heterocycles. The van der Waals surface area contributed by atoms with Crippen LogP contribution in [-0.4, -0.2) is 18.3 Å². The molecular formula is C3H11N2O. The van der Waals surface area contributed by atoms with E-state index in [1.165, 1.54) is 0 Å². The van der Waals surface area contributed by atoms with Gasteiger partial charge in [0, 0.05) is 13.6 Å². The van der Waals surface area contributed by atoms with Gasteiger partial charge in [0.1, 0.15) is 0 Å². The van der Waals surface area contributed by atoms with Crippen molar-refractivity contribution in [3.8, 4) is 0 Å². The maximum absolute atomic E-state index is 7.96. The molecule has 0 aliphatic rings. The maximum atomic E-state index is 7.96. The summed E-state index contributed by atoms with van der Waals surface area (Å²) in [5.41, 5.74) is 0. The van der Waals surface area contributed by atoms with E-state index < -0.39 is 0 Å². The SMILES string of the molecule is N.[CH2]NCCO. The Kier molecular flexibility index (Phi) is 13.7. The molecule has 6 heavy (non-hydrogen) atoms. The first-order valence-corrected chi connectivity index (χ1v) is 1.52. The van der Waals surface area contributed by atoms with E-state index in [0.29, 0.717) is 6.54 Å². The van der Waals surface area contributed by atoms with Gasteiger partial charge in [0.2, 0.25) is 0 Å². The average Bonchev–Trinajstić information content (AvgIpc) is 1.41. The molecule has 39 valence electrons. The first-order valence-electron chi connectivity index (χ1n) is 1.52. The lowest BCUT2D eigenvalue weighted by Gasteiger charge is -1.84. The van der Waals surface area contributed by atoms with E-state index in [2.05, 4.69) is 12.4 Å². The van der Waals surface area contributed by atoms with Crippen molar-refractivity contribution < 1.29 is 5.11 Å². The number of aliphatic hydroxyl groups excluding tert-OH is 1. The Morgan fingerprint density at radius 2 is 2.17 bits per heavy atom. The van der Waals surface area contributed by atoms with Gasteiger partial charge in [-0.3, -0.25) is 0 Å². The van der Waals surface area contributed by atoms with Gasteiger partial charge in [-0.05, 0) is 0 Å². The molecule has 0 aromatic carbocycles. The summed E-state index contributed by atoms with van der Waals surface area (Å²) in [6.07, 6.45) is 0. The second-order valence-electron chi connectivity index (χ2n) is 0.724. The van der Waals surface area contributed by atoms with E-state index in [9.17, 15) is 0 Å². The minimum Gasteiger partial charge on any atom is -0.395 e. The molecule has 0 heterocycles. The van der Waals surface area contributed by atoms with E-state index in [1.54, 1.807) is 0 Å². The predicted molar refractivity (Wildman–Crippen MR) is 25.5 cm³/mol. The lowest BCUT2D eigenvalue weighted by atomic mass is 10.7. The zero-order chi connectivity index (χ0) is 4.12. The third-order valence-electron chi connectivity index (χ3n) is 0.289. The highest BCUT2D eigenvalue weighted by atomic mass is 16.3. The van der Waals surface area contributed by atoms with Gasteiger partial charge in [0.05, 0.1) is 6.61 Å². The number of aliphatic hydroxyl groups is 1. The minimum atomic E-state index is 0. The summed E-state index contributed by atoms with van der Waals surface area (Å²) in [4.78, 5) is 0. The van der Waals surface area contributed by atoms with Crippen molar-refractivity contribution in [3.63, 3.8) is 0 Å². The number of rotatable bonds is 2. The van der Waals surface area contributed by atoms with Crippen LogP contribution in [0.2, 0.25) is 0 Å². The van der Waals surface area contributed by atoms with Crippen LogP contribution in [-0.2, 0) is 0 Å². The first-order chi connectivity index (χ1) is 2.41. The first kappa shape index (κ1) is 9.30. The van der Waals surface area contributed by atoms with Crippen molar-refractivity contribution in [1.82, 2.24) is 11.5 Å². The molecular weight excluding hydrogens is 80.0 g/mol. The second-order valence-corrected chi connectivity index (χ2v) is 0.724. The van der Waals surface area contributed by atoms with E-state index in [4.69, 9.17) is 5.11 Å². The molecule has 3 nitrogen and oxygen atoms in total. The molecule has 0 saturated carbocycles. The fourth-order valence-electron chi connectivity index (χ4n) is 0.0791. The molecule has 0 bridgehead atoms. The van der Waals surface area contributed by atoms with Crippen molar-refractivity contribution in [2.75, 3.05) is 13.2 Å². The minimum absolute atomic E-state index is 0. The highest BCUT2D eigenvalue weighted by Crippen LogP contribution is 1.44. The van der Waals surface area contributed by atoms with Gasteiger partial charge < -0.3 is 16.6 Å². The number of hydrogen-bond donors (Lipinski definition) is 3. The zero-order valence-electron chi connectivity index (χ0n) is 3.78. The summed E-state index contributed by atoms with van der Waals surface area (Å²) in [5.74, 6) is 0. The topological polar surface area (TPSA) is 67.3 Å². The van der Waals surface area contributed by atoms with Crippen molar-refractivity contribution in [1.29, 1.82) is 0 Å². The standard InChI is InChI=1S/C3H8NO.H3N/c1-4-2-3-5;/h4-5H,1-3H2;1H3. The van der Waals surface area contributed by atoms with Gasteiger partial charge in [-0.1, -0.05) is 0 Å². The van der Waals surface area contributed by atoms with E-state index >= 15 is 0 Å². The molecule has 0 fully saturated rings. The highest BCUT2D eigenvalue weighted by Gasteiger charge is 1.66. The van der Waals surface area contributed by atoms with Crippen LogP contribution in [0.4, 0.5) is 0 Å². The van der Waals surface area contributed by atoms with E-state index in [-0.39, 0.29) is 12.8 Å². The van der Waals surface area contributed by atoms with Crippen LogP contribution in [0.25, 0.3) is 0 Å². The van der Waals surface area contributed by atoms with Gasteiger partial charge in [-0.25, -0.2) is 0 Å². The third-order valence-corrected chi connectivity index (χ3v) is 0.289. The smallest absolute Gasteiger partial charge is 0.0555 e. The summed E-state index contributed by atoms with van der Waals surface area (Å²) in [6, 6.07) is 0. The third kappa shape index (κ3) is 9.11. The van der Waals surface area contributed by atoms with Crippen LogP contribution in [0.15, 0.2) is 0 Å². The molecule has 0 atom stereocenters. The highest BCUT2D eigenvalue weighted by molar-refractivity contribution is 4.33. The van der Waals surface area contributed by atoms with Crippen LogP contribution >= 0.6 is 0 Å². The Balaban J connectivity index is 0.